The van der Waals surface area contributed by atoms with Crippen LogP contribution in [-0.2, 0) is 13.6 Å². The summed E-state index contributed by atoms with van der Waals surface area (Å²) in [6.07, 6.45) is 3.10. The summed E-state index contributed by atoms with van der Waals surface area (Å²) in [7, 11) is 1.75. The Kier molecular flexibility index (Phi) is 3.23. The molecule has 20 heavy (non-hydrogen) atoms. The maximum Gasteiger partial charge on any atom is 0.264 e. The van der Waals surface area contributed by atoms with Crippen LogP contribution >= 0.6 is 23.2 Å². The van der Waals surface area contributed by atoms with E-state index >= 15 is 0 Å². The third-order valence-corrected chi connectivity index (χ3v) is 3.72. The second-order valence-electron chi connectivity index (χ2n) is 4.42. The topological polar surface area (TPSA) is 52.7 Å². The van der Waals surface area contributed by atoms with E-state index < -0.39 is 0 Å². The van der Waals surface area contributed by atoms with Gasteiger partial charge in [0.15, 0.2) is 5.65 Å². The van der Waals surface area contributed by atoms with Crippen molar-refractivity contribution in [2.24, 2.45) is 7.05 Å². The first-order chi connectivity index (χ1) is 9.56. The lowest BCUT2D eigenvalue weighted by atomic mass is 10.2. The Morgan fingerprint density at radius 3 is 2.65 bits per heavy atom. The number of nitrogens with zero attached hydrogens (tertiary/aromatic N) is 4. The lowest BCUT2D eigenvalue weighted by molar-refractivity contribution is 0.746. The molecule has 7 heteroatoms. The molecule has 0 unspecified atom stereocenters. The molecule has 3 rings (SSSR count). The smallest absolute Gasteiger partial charge is 0.264 e. The van der Waals surface area contributed by atoms with E-state index in [1.54, 1.807) is 36.1 Å². The first-order valence-electron chi connectivity index (χ1n) is 5.88. The highest BCUT2D eigenvalue weighted by Gasteiger charge is 2.11. The summed E-state index contributed by atoms with van der Waals surface area (Å²) < 4.78 is 3.03. The molecule has 102 valence electrons. The van der Waals surface area contributed by atoms with Gasteiger partial charge >= 0.3 is 0 Å². The molecule has 0 saturated heterocycles. The summed E-state index contributed by atoms with van der Waals surface area (Å²) >= 11 is 12.2. The first kappa shape index (κ1) is 13.1. The van der Waals surface area contributed by atoms with Crippen molar-refractivity contribution in [3.63, 3.8) is 0 Å². The SMILES string of the molecule is Cn1cc2c(=O)n(Cc3c(Cl)cccc3Cl)cnc2n1. The van der Waals surface area contributed by atoms with E-state index in [1.165, 1.54) is 10.9 Å². The molecule has 2 aromatic heterocycles. The van der Waals surface area contributed by atoms with Gasteiger partial charge in [-0.05, 0) is 12.1 Å². The number of benzene rings is 1. The lowest BCUT2D eigenvalue weighted by Crippen LogP contribution is -2.21. The van der Waals surface area contributed by atoms with Crippen molar-refractivity contribution < 1.29 is 0 Å². The van der Waals surface area contributed by atoms with Gasteiger partial charge in [-0.15, -0.1) is 0 Å². The molecular weight excluding hydrogens is 299 g/mol. The number of hydrogen-bond acceptors (Lipinski definition) is 3. The van der Waals surface area contributed by atoms with Crippen LogP contribution in [0.15, 0.2) is 35.5 Å². The standard InChI is InChI=1S/C13H10Cl2N4O/c1-18-5-9-12(17-18)16-7-19(13(9)20)6-8-10(14)3-2-4-11(8)15/h2-5,7H,6H2,1H3. The lowest BCUT2D eigenvalue weighted by Gasteiger charge is -2.08. The number of aromatic nitrogens is 4. The second-order valence-corrected chi connectivity index (χ2v) is 5.23. The van der Waals surface area contributed by atoms with Crippen molar-refractivity contribution in [3.05, 3.63) is 56.7 Å². The van der Waals surface area contributed by atoms with Crippen molar-refractivity contribution in [2.75, 3.05) is 0 Å². The molecule has 1 aromatic carbocycles. The average molecular weight is 309 g/mol. The Morgan fingerprint density at radius 1 is 1.25 bits per heavy atom. The minimum Gasteiger partial charge on any atom is -0.294 e. The quantitative estimate of drug-likeness (QED) is 0.731. The van der Waals surface area contributed by atoms with Gasteiger partial charge in [0, 0.05) is 28.9 Å². The summed E-state index contributed by atoms with van der Waals surface area (Å²) in [5.41, 5.74) is 0.959. The molecule has 0 N–H and O–H groups in total. The molecule has 0 amide bonds. The molecule has 2 heterocycles. The molecule has 0 atom stereocenters. The van der Waals surface area contributed by atoms with E-state index in [-0.39, 0.29) is 12.1 Å². The Hall–Kier alpha value is -1.85. The van der Waals surface area contributed by atoms with Crippen molar-refractivity contribution in [3.8, 4) is 0 Å². The summed E-state index contributed by atoms with van der Waals surface area (Å²) in [6.45, 7) is 0.273. The number of aryl methyl sites for hydroxylation is 1. The van der Waals surface area contributed by atoms with Gasteiger partial charge in [-0.1, -0.05) is 29.3 Å². The van der Waals surface area contributed by atoms with Crippen molar-refractivity contribution >= 4 is 34.2 Å². The number of hydrogen-bond donors (Lipinski definition) is 0. The Morgan fingerprint density at radius 2 is 1.95 bits per heavy atom. The molecule has 5 nitrogen and oxygen atoms in total. The molecule has 0 aliphatic rings. The van der Waals surface area contributed by atoms with Crippen molar-refractivity contribution in [1.29, 1.82) is 0 Å². The molecule has 0 radical (unpaired) electrons. The van der Waals surface area contributed by atoms with Crippen molar-refractivity contribution in [2.45, 2.75) is 6.54 Å². The summed E-state index contributed by atoms with van der Waals surface area (Å²) in [6, 6.07) is 5.24. The zero-order chi connectivity index (χ0) is 14.3. The summed E-state index contributed by atoms with van der Waals surface area (Å²) in [5, 5.41) is 5.62. The highest BCUT2D eigenvalue weighted by molar-refractivity contribution is 6.35. The van der Waals surface area contributed by atoms with Crippen LogP contribution in [-0.4, -0.2) is 19.3 Å². The predicted molar refractivity (Wildman–Crippen MR) is 78.3 cm³/mol. The molecule has 0 saturated carbocycles. The average Bonchev–Trinajstić information content (AvgIpc) is 2.78. The fourth-order valence-electron chi connectivity index (χ4n) is 2.02. The molecule has 0 bridgehead atoms. The van der Waals surface area contributed by atoms with Gasteiger partial charge in [-0.2, -0.15) is 5.10 Å². The maximum absolute atomic E-state index is 12.4. The highest BCUT2D eigenvalue weighted by Crippen LogP contribution is 2.24. The Balaban J connectivity index is 2.12. The van der Waals surface area contributed by atoms with Gasteiger partial charge in [-0.25, -0.2) is 4.98 Å². The Labute approximate surface area is 124 Å². The molecular formula is C13H10Cl2N4O. The van der Waals surface area contributed by atoms with Crippen LogP contribution in [0.25, 0.3) is 11.0 Å². The van der Waals surface area contributed by atoms with E-state index in [2.05, 4.69) is 10.1 Å². The van der Waals surface area contributed by atoms with Crippen LogP contribution in [0.4, 0.5) is 0 Å². The number of rotatable bonds is 2. The molecule has 0 fully saturated rings. The summed E-state index contributed by atoms with van der Waals surface area (Å²) in [4.78, 5) is 16.5. The molecule has 0 spiro atoms. The van der Waals surface area contributed by atoms with Gasteiger partial charge in [0.2, 0.25) is 0 Å². The molecule has 3 aromatic rings. The van der Waals surface area contributed by atoms with E-state index in [0.29, 0.717) is 26.6 Å². The maximum atomic E-state index is 12.4. The highest BCUT2D eigenvalue weighted by atomic mass is 35.5. The number of fused-ring (bicyclic) bond motifs is 1. The van der Waals surface area contributed by atoms with Crippen molar-refractivity contribution in [1.82, 2.24) is 19.3 Å². The fraction of sp³-hybridized carbons (Fsp3) is 0.154. The van der Waals surface area contributed by atoms with Crippen LogP contribution in [0.1, 0.15) is 5.56 Å². The van der Waals surface area contributed by atoms with E-state index in [0.717, 1.165) is 0 Å². The predicted octanol–water partition coefficient (Wildman–Crippen LogP) is 2.49. The minimum atomic E-state index is -0.168. The van der Waals surface area contributed by atoms with Gasteiger partial charge in [0.05, 0.1) is 6.54 Å². The normalized spacial score (nSPS) is 11.2. The van der Waals surface area contributed by atoms with E-state index in [9.17, 15) is 4.79 Å². The van der Waals surface area contributed by atoms with Crippen LogP contribution < -0.4 is 5.56 Å². The van der Waals surface area contributed by atoms with Crippen LogP contribution in [0.3, 0.4) is 0 Å². The van der Waals surface area contributed by atoms with Gasteiger partial charge in [0.1, 0.15) is 11.7 Å². The minimum absolute atomic E-state index is 0.168. The second kappa shape index (κ2) is 4.92. The zero-order valence-corrected chi connectivity index (χ0v) is 12.1. The summed E-state index contributed by atoms with van der Waals surface area (Å²) in [5.74, 6) is 0. The zero-order valence-electron chi connectivity index (χ0n) is 10.5. The first-order valence-corrected chi connectivity index (χ1v) is 6.63. The third-order valence-electron chi connectivity index (χ3n) is 3.01. The third kappa shape index (κ3) is 2.19. The van der Waals surface area contributed by atoms with Gasteiger partial charge in [0.25, 0.3) is 5.56 Å². The Bertz CT molecular complexity index is 833. The van der Waals surface area contributed by atoms with Crippen LogP contribution in [0, 0.1) is 0 Å². The van der Waals surface area contributed by atoms with Gasteiger partial charge < -0.3 is 0 Å². The van der Waals surface area contributed by atoms with Crippen LogP contribution in [0.5, 0.6) is 0 Å². The van der Waals surface area contributed by atoms with Gasteiger partial charge in [-0.3, -0.25) is 14.0 Å². The van der Waals surface area contributed by atoms with E-state index in [1.807, 2.05) is 0 Å². The molecule has 0 aliphatic carbocycles. The fourth-order valence-corrected chi connectivity index (χ4v) is 2.54. The number of halogens is 2. The largest absolute Gasteiger partial charge is 0.294 e. The monoisotopic (exact) mass is 308 g/mol. The van der Waals surface area contributed by atoms with Crippen LogP contribution in [0.2, 0.25) is 10.0 Å². The molecule has 0 aliphatic heterocycles. The van der Waals surface area contributed by atoms with E-state index in [4.69, 9.17) is 23.2 Å².